The van der Waals surface area contributed by atoms with E-state index < -0.39 is 49.4 Å². The number of amides is 2. The van der Waals surface area contributed by atoms with E-state index in [9.17, 15) is 35.9 Å². The van der Waals surface area contributed by atoms with E-state index in [4.69, 9.17) is 25.8 Å². The molecule has 11 nitrogen and oxygen atoms in total. The van der Waals surface area contributed by atoms with Crippen molar-refractivity contribution in [3.63, 3.8) is 0 Å². The van der Waals surface area contributed by atoms with Gasteiger partial charge in [0.2, 0.25) is 0 Å². The second-order valence-electron chi connectivity index (χ2n) is 12.0. The number of rotatable bonds is 13. The molecule has 3 aromatic carbocycles. The zero-order valence-electron chi connectivity index (χ0n) is 28.7. The number of anilines is 2. The maximum atomic E-state index is 14.6. The number of carbonyl (C=O) groups is 2. The van der Waals surface area contributed by atoms with Crippen LogP contribution in [-0.4, -0.2) is 97.5 Å². The molecule has 284 valence electrons. The lowest BCUT2D eigenvalue weighted by Gasteiger charge is -2.43. The Morgan fingerprint density at radius 3 is 2.40 bits per heavy atom. The molecule has 0 radical (unpaired) electrons. The van der Waals surface area contributed by atoms with E-state index >= 15 is 0 Å². The summed E-state index contributed by atoms with van der Waals surface area (Å²) in [6.07, 6.45) is -6.66. The van der Waals surface area contributed by atoms with Gasteiger partial charge in [0, 0.05) is 45.0 Å². The van der Waals surface area contributed by atoms with E-state index in [1.807, 2.05) is 0 Å². The van der Waals surface area contributed by atoms with Gasteiger partial charge in [-0.15, -0.1) is 0 Å². The van der Waals surface area contributed by atoms with Gasteiger partial charge in [-0.3, -0.25) is 19.2 Å². The van der Waals surface area contributed by atoms with Crippen LogP contribution in [0.1, 0.15) is 16.1 Å². The van der Waals surface area contributed by atoms with Crippen molar-refractivity contribution in [2.45, 2.75) is 31.7 Å². The van der Waals surface area contributed by atoms with Gasteiger partial charge in [-0.25, -0.2) is 13.2 Å². The average Bonchev–Trinajstić information content (AvgIpc) is 3.58. The number of hydrogen-bond donors (Lipinski definition) is 1. The summed E-state index contributed by atoms with van der Waals surface area (Å²) in [7, 11) is 4.49. The van der Waals surface area contributed by atoms with Crippen molar-refractivity contribution in [1.82, 2.24) is 19.6 Å². The highest BCUT2D eigenvalue weighted by atomic mass is 35.5. The van der Waals surface area contributed by atoms with E-state index in [-0.39, 0.29) is 65.5 Å². The zero-order valence-corrected chi connectivity index (χ0v) is 29.4. The van der Waals surface area contributed by atoms with Gasteiger partial charge in [-0.1, -0.05) is 29.8 Å². The van der Waals surface area contributed by atoms with Crippen molar-refractivity contribution in [3.8, 4) is 23.0 Å². The van der Waals surface area contributed by atoms with Crippen molar-refractivity contribution in [1.29, 1.82) is 0 Å². The number of piperazine rings is 1. The van der Waals surface area contributed by atoms with Gasteiger partial charge >= 0.3 is 12.1 Å². The molecule has 4 aromatic rings. The first kappa shape index (κ1) is 39.1. The summed E-state index contributed by atoms with van der Waals surface area (Å²) in [6.45, 7) is -0.949. The Morgan fingerprint density at radius 2 is 1.72 bits per heavy atom. The summed E-state index contributed by atoms with van der Waals surface area (Å²) in [5.41, 5.74) is 0.499. The molecule has 1 aliphatic heterocycles. The lowest BCUT2D eigenvalue weighted by Crippen LogP contribution is -2.57. The Kier molecular flexibility index (Phi) is 12.3. The molecule has 1 fully saturated rings. The van der Waals surface area contributed by atoms with Crippen LogP contribution >= 0.6 is 11.6 Å². The predicted octanol–water partition coefficient (Wildman–Crippen LogP) is 6.71. The molecule has 0 unspecified atom stereocenters. The first-order valence-corrected chi connectivity index (χ1v) is 16.5. The number of nitrogens with zero attached hydrogens (tertiary/aromatic N) is 5. The number of benzene rings is 3. The minimum atomic E-state index is -5.18. The van der Waals surface area contributed by atoms with Crippen molar-refractivity contribution in [2.24, 2.45) is 0 Å². The third kappa shape index (κ3) is 9.45. The lowest BCUT2D eigenvalue weighted by atomic mass is 10.1. The fourth-order valence-corrected chi connectivity index (χ4v) is 6.11. The summed E-state index contributed by atoms with van der Waals surface area (Å²) < 4.78 is 99.4. The van der Waals surface area contributed by atoms with Gasteiger partial charge in [0.1, 0.15) is 17.3 Å². The molecule has 53 heavy (non-hydrogen) atoms. The standard InChI is InChI=1S/C35H35ClF6N6O5/c1-45-14-15-46(18-22(45)19-47(34(50)35(40,41)42)17-21-8-10-27(51-2)29(16-21)52-3)32-24(43-33(49)25-12-13-48(44-25)20-30(38)39)9-11-28(31(32)36)53-26-7-5-4-6-23(26)37/h4-13,16,22,30H,14-15,17-20H2,1-3H3,(H,43,49)/t22-/m1/s1. The highest BCUT2D eigenvalue weighted by Crippen LogP contribution is 2.43. The third-order valence-corrected chi connectivity index (χ3v) is 8.82. The van der Waals surface area contributed by atoms with Crippen molar-refractivity contribution >= 4 is 34.8 Å². The summed E-state index contributed by atoms with van der Waals surface area (Å²) in [5, 5.41) is 6.52. The van der Waals surface area contributed by atoms with E-state index in [1.165, 1.54) is 75.0 Å². The van der Waals surface area contributed by atoms with Gasteiger partial charge in [-0.05, 0) is 55.1 Å². The van der Waals surface area contributed by atoms with Gasteiger partial charge < -0.3 is 29.3 Å². The number of likely N-dealkylation sites (N-methyl/N-ethyl adjacent to an activating group) is 1. The highest BCUT2D eigenvalue weighted by molar-refractivity contribution is 6.35. The number of nitrogens with one attached hydrogen (secondary N) is 1. The molecule has 0 aliphatic carbocycles. The van der Waals surface area contributed by atoms with Gasteiger partial charge in [0.05, 0.1) is 25.6 Å². The summed E-state index contributed by atoms with van der Waals surface area (Å²) >= 11 is 6.91. The fourth-order valence-electron chi connectivity index (χ4n) is 5.79. The van der Waals surface area contributed by atoms with Crippen LogP contribution in [0.5, 0.6) is 23.0 Å². The minimum absolute atomic E-state index is 0.00350. The van der Waals surface area contributed by atoms with Gasteiger partial charge in [0.25, 0.3) is 12.3 Å². The summed E-state index contributed by atoms with van der Waals surface area (Å²) in [4.78, 5) is 30.3. The number of carbonyl (C=O) groups excluding carboxylic acids is 2. The number of alkyl halides is 5. The molecule has 1 aromatic heterocycles. The number of aromatic nitrogens is 2. The van der Waals surface area contributed by atoms with Crippen LogP contribution in [0.4, 0.5) is 37.7 Å². The predicted molar refractivity (Wildman–Crippen MR) is 184 cm³/mol. The Morgan fingerprint density at radius 1 is 1.00 bits per heavy atom. The fraction of sp³-hybridized carbons (Fsp3) is 0.343. The second kappa shape index (κ2) is 16.7. The number of ether oxygens (including phenoxy) is 3. The highest BCUT2D eigenvalue weighted by Gasteiger charge is 2.44. The van der Waals surface area contributed by atoms with Gasteiger partial charge in [-0.2, -0.15) is 18.3 Å². The van der Waals surface area contributed by atoms with Crippen LogP contribution in [0.15, 0.2) is 66.9 Å². The summed E-state index contributed by atoms with van der Waals surface area (Å²) in [5.74, 6) is -3.00. The zero-order chi connectivity index (χ0) is 38.4. The molecule has 0 bridgehead atoms. The van der Waals surface area contributed by atoms with Crippen LogP contribution in [0.3, 0.4) is 0 Å². The maximum absolute atomic E-state index is 14.6. The number of halogens is 7. The molecule has 5 rings (SSSR count). The smallest absolute Gasteiger partial charge is 0.471 e. The number of para-hydroxylation sites is 1. The number of methoxy groups -OCH3 is 2. The molecule has 18 heteroatoms. The molecular weight excluding hydrogens is 734 g/mol. The van der Waals surface area contributed by atoms with Crippen LogP contribution < -0.4 is 24.4 Å². The molecule has 2 amide bonds. The second-order valence-corrected chi connectivity index (χ2v) is 12.4. The molecule has 1 N–H and O–H groups in total. The Balaban J connectivity index is 1.47. The molecule has 0 saturated carbocycles. The van der Waals surface area contributed by atoms with Gasteiger partial charge in [0.15, 0.2) is 28.8 Å². The SMILES string of the molecule is COc1ccc(CN(C[C@H]2CN(c3c(NC(=O)c4ccn(CC(F)F)n4)ccc(Oc4ccccc4F)c3Cl)CCN2C)C(=O)C(F)(F)F)cc1OC. The molecule has 1 saturated heterocycles. The normalized spacial score (nSPS) is 15.0. The minimum Gasteiger partial charge on any atom is -0.493 e. The molecule has 1 atom stereocenters. The average molecular weight is 769 g/mol. The van der Waals surface area contributed by atoms with Crippen molar-refractivity contribution in [2.75, 3.05) is 57.7 Å². The monoisotopic (exact) mass is 768 g/mol. The van der Waals surface area contributed by atoms with Crippen LogP contribution in [0.2, 0.25) is 5.02 Å². The van der Waals surface area contributed by atoms with Crippen molar-refractivity contribution < 1.29 is 50.1 Å². The Hall–Kier alpha value is -5.16. The van der Waals surface area contributed by atoms with E-state index in [0.717, 1.165) is 4.68 Å². The molecule has 0 spiro atoms. The van der Waals surface area contributed by atoms with E-state index in [0.29, 0.717) is 16.2 Å². The maximum Gasteiger partial charge on any atom is 0.471 e. The topological polar surface area (TPSA) is 101 Å². The number of hydrogen-bond acceptors (Lipinski definition) is 8. The molecule has 1 aliphatic rings. The summed E-state index contributed by atoms with van der Waals surface area (Å²) in [6, 6.07) is 13.5. The van der Waals surface area contributed by atoms with Crippen LogP contribution in [-0.2, 0) is 17.9 Å². The van der Waals surface area contributed by atoms with Crippen LogP contribution in [0, 0.1) is 5.82 Å². The molecule has 2 heterocycles. The Bertz CT molecular complexity index is 1930. The first-order chi connectivity index (χ1) is 25.2. The van der Waals surface area contributed by atoms with Crippen molar-refractivity contribution in [3.05, 3.63) is 89.0 Å². The molecular formula is C35H35ClF6N6O5. The third-order valence-electron chi connectivity index (χ3n) is 8.46. The van der Waals surface area contributed by atoms with Crippen LogP contribution in [0.25, 0.3) is 0 Å². The van der Waals surface area contributed by atoms with E-state index in [1.54, 1.807) is 22.9 Å². The quantitative estimate of drug-likeness (QED) is 0.150. The lowest BCUT2D eigenvalue weighted by molar-refractivity contribution is -0.186. The first-order valence-electron chi connectivity index (χ1n) is 16.1. The Labute approximate surface area is 305 Å². The van der Waals surface area contributed by atoms with E-state index in [2.05, 4.69) is 10.4 Å². The largest absolute Gasteiger partial charge is 0.493 e.